The van der Waals surface area contributed by atoms with E-state index in [1.807, 2.05) is 0 Å². The molecular weight excluding hydrogens is 322 g/mol. The smallest absolute Gasteiger partial charge is 0.149 e. The number of nitrogens with one attached hydrogen (secondary N) is 1. The Bertz CT molecular complexity index is 683. The lowest BCUT2D eigenvalue weighted by Crippen LogP contribution is -2.00. The van der Waals surface area contributed by atoms with Crippen molar-refractivity contribution in [2.24, 2.45) is 0 Å². The highest BCUT2D eigenvalue weighted by molar-refractivity contribution is 9.10. The standard InChI is InChI=1S/C12H9BrF2N2S/c1-5-11(16-6(2)17-12(5)18)9-8(14)4-3-7(13)10(9)15/h3-4H,1-2H3,(H,16,17,18). The van der Waals surface area contributed by atoms with Gasteiger partial charge in [0.15, 0.2) is 0 Å². The predicted octanol–water partition coefficient (Wildman–Crippen LogP) is 4.46. The van der Waals surface area contributed by atoms with Crippen LogP contribution < -0.4 is 0 Å². The van der Waals surface area contributed by atoms with Crippen LogP contribution in [0.1, 0.15) is 11.4 Å². The quantitative estimate of drug-likeness (QED) is 0.617. The van der Waals surface area contributed by atoms with Crippen molar-refractivity contribution in [2.45, 2.75) is 13.8 Å². The van der Waals surface area contributed by atoms with E-state index in [4.69, 9.17) is 12.2 Å². The SMILES string of the molecule is Cc1nc(=S)c(C)c(-c2c(F)ccc(Br)c2F)[nH]1. The summed E-state index contributed by atoms with van der Waals surface area (Å²) in [7, 11) is 0. The van der Waals surface area contributed by atoms with E-state index in [2.05, 4.69) is 25.9 Å². The molecule has 1 aromatic carbocycles. The molecule has 0 fully saturated rings. The van der Waals surface area contributed by atoms with Crippen LogP contribution >= 0.6 is 28.1 Å². The van der Waals surface area contributed by atoms with E-state index >= 15 is 0 Å². The molecule has 0 aliphatic carbocycles. The zero-order valence-electron chi connectivity index (χ0n) is 9.64. The minimum absolute atomic E-state index is 0.126. The number of hydrogen-bond acceptors (Lipinski definition) is 2. The highest BCUT2D eigenvalue weighted by Crippen LogP contribution is 2.31. The Hall–Kier alpha value is -1.14. The monoisotopic (exact) mass is 330 g/mol. The molecule has 0 unspecified atom stereocenters. The van der Waals surface area contributed by atoms with Gasteiger partial charge in [-0.3, -0.25) is 0 Å². The Kier molecular flexibility index (Phi) is 3.59. The predicted molar refractivity (Wildman–Crippen MR) is 71.9 cm³/mol. The second kappa shape index (κ2) is 4.85. The third-order valence-electron chi connectivity index (χ3n) is 2.56. The highest BCUT2D eigenvalue weighted by atomic mass is 79.9. The molecule has 1 aromatic heterocycles. The minimum atomic E-state index is -0.658. The Labute approximate surface area is 116 Å². The van der Waals surface area contributed by atoms with Gasteiger partial charge >= 0.3 is 0 Å². The van der Waals surface area contributed by atoms with Gasteiger partial charge in [-0.05, 0) is 41.9 Å². The van der Waals surface area contributed by atoms with Gasteiger partial charge in [0.05, 0.1) is 15.7 Å². The van der Waals surface area contributed by atoms with Crippen LogP contribution in [0.3, 0.4) is 0 Å². The lowest BCUT2D eigenvalue weighted by atomic mass is 10.1. The zero-order valence-corrected chi connectivity index (χ0v) is 12.0. The van der Waals surface area contributed by atoms with E-state index in [1.54, 1.807) is 13.8 Å². The van der Waals surface area contributed by atoms with Gasteiger partial charge in [-0.2, -0.15) is 0 Å². The van der Waals surface area contributed by atoms with Gasteiger partial charge in [-0.25, -0.2) is 13.8 Å². The summed E-state index contributed by atoms with van der Waals surface area (Å²) >= 11 is 8.10. The molecule has 1 heterocycles. The Morgan fingerprint density at radius 1 is 1.28 bits per heavy atom. The molecule has 0 saturated heterocycles. The second-order valence-electron chi connectivity index (χ2n) is 3.85. The number of H-pyrrole nitrogens is 1. The normalized spacial score (nSPS) is 10.7. The third kappa shape index (κ3) is 2.22. The summed E-state index contributed by atoms with van der Waals surface area (Å²) in [5.41, 5.74) is 0.744. The van der Waals surface area contributed by atoms with Crippen LogP contribution in [0, 0.1) is 30.1 Å². The molecule has 94 valence electrons. The van der Waals surface area contributed by atoms with Crippen LogP contribution in [-0.2, 0) is 0 Å². The van der Waals surface area contributed by atoms with Crippen molar-refractivity contribution in [2.75, 3.05) is 0 Å². The maximum Gasteiger partial charge on any atom is 0.149 e. The van der Waals surface area contributed by atoms with Crippen molar-refractivity contribution < 1.29 is 8.78 Å². The number of nitrogens with zero attached hydrogens (tertiary/aromatic N) is 1. The van der Waals surface area contributed by atoms with Crippen LogP contribution in [0.2, 0.25) is 0 Å². The van der Waals surface area contributed by atoms with Gasteiger partial charge in [0.2, 0.25) is 0 Å². The van der Waals surface area contributed by atoms with Crippen molar-refractivity contribution in [3.05, 3.63) is 44.3 Å². The van der Waals surface area contributed by atoms with Crippen molar-refractivity contribution in [3.63, 3.8) is 0 Å². The van der Waals surface area contributed by atoms with Crippen molar-refractivity contribution >= 4 is 28.1 Å². The molecule has 0 atom stereocenters. The summed E-state index contributed by atoms with van der Waals surface area (Å²) in [5, 5.41) is 0. The van der Waals surface area contributed by atoms with Crippen LogP contribution in [0.15, 0.2) is 16.6 Å². The summed E-state index contributed by atoms with van der Waals surface area (Å²) in [5.74, 6) is -0.788. The molecule has 0 aliphatic heterocycles. The number of hydrogen-bond donors (Lipinski definition) is 1. The number of aromatic amines is 1. The molecule has 18 heavy (non-hydrogen) atoms. The summed E-state index contributed by atoms with van der Waals surface area (Å²) in [6, 6.07) is 2.53. The van der Waals surface area contributed by atoms with Crippen LogP contribution in [0.5, 0.6) is 0 Å². The first-order valence-electron chi connectivity index (χ1n) is 5.13. The molecule has 0 saturated carbocycles. The fourth-order valence-corrected chi connectivity index (χ4v) is 2.22. The molecule has 0 radical (unpaired) electrons. The van der Waals surface area contributed by atoms with Gasteiger partial charge < -0.3 is 4.98 Å². The van der Waals surface area contributed by atoms with Crippen molar-refractivity contribution in [3.8, 4) is 11.3 Å². The number of halogens is 3. The van der Waals surface area contributed by atoms with Crippen LogP contribution in [-0.4, -0.2) is 9.97 Å². The first kappa shape index (κ1) is 13.3. The Morgan fingerprint density at radius 3 is 2.61 bits per heavy atom. The van der Waals surface area contributed by atoms with E-state index in [0.717, 1.165) is 0 Å². The number of aromatic nitrogens is 2. The highest BCUT2D eigenvalue weighted by Gasteiger charge is 2.17. The first-order chi connectivity index (χ1) is 8.41. The van der Waals surface area contributed by atoms with E-state index in [1.165, 1.54) is 12.1 Å². The molecule has 0 spiro atoms. The largest absolute Gasteiger partial charge is 0.343 e. The van der Waals surface area contributed by atoms with Crippen molar-refractivity contribution in [1.82, 2.24) is 9.97 Å². The van der Waals surface area contributed by atoms with Gasteiger partial charge in [0, 0.05) is 5.56 Å². The average Bonchev–Trinajstić information content (AvgIpc) is 2.30. The maximum atomic E-state index is 14.0. The fraction of sp³-hybridized carbons (Fsp3) is 0.167. The van der Waals surface area contributed by atoms with Crippen molar-refractivity contribution in [1.29, 1.82) is 0 Å². The average molecular weight is 331 g/mol. The summed E-state index contributed by atoms with van der Waals surface area (Å²) in [6.45, 7) is 3.37. The lowest BCUT2D eigenvalue weighted by molar-refractivity contribution is 0.584. The summed E-state index contributed by atoms with van der Waals surface area (Å²) in [4.78, 5) is 6.91. The Morgan fingerprint density at radius 2 is 1.94 bits per heavy atom. The molecule has 0 bridgehead atoms. The van der Waals surface area contributed by atoms with Crippen LogP contribution in [0.25, 0.3) is 11.3 Å². The topological polar surface area (TPSA) is 28.7 Å². The van der Waals surface area contributed by atoms with E-state index in [0.29, 0.717) is 21.7 Å². The molecule has 1 N–H and O–H groups in total. The molecule has 6 heteroatoms. The lowest BCUT2D eigenvalue weighted by Gasteiger charge is -2.10. The maximum absolute atomic E-state index is 14.0. The minimum Gasteiger partial charge on any atom is -0.343 e. The van der Waals surface area contributed by atoms with Gasteiger partial charge in [0.25, 0.3) is 0 Å². The summed E-state index contributed by atoms with van der Waals surface area (Å²) in [6.07, 6.45) is 0. The zero-order chi connectivity index (χ0) is 13.4. The molecular formula is C12H9BrF2N2S. The van der Waals surface area contributed by atoms with Gasteiger partial charge in [0.1, 0.15) is 22.1 Å². The van der Waals surface area contributed by atoms with E-state index in [9.17, 15) is 8.78 Å². The van der Waals surface area contributed by atoms with E-state index in [-0.39, 0.29) is 10.0 Å². The molecule has 0 aliphatic rings. The molecule has 0 amide bonds. The number of rotatable bonds is 1. The van der Waals surface area contributed by atoms with E-state index < -0.39 is 11.6 Å². The number of aryl methyl sites for hydroxylation is 1. The number of benzene rings is 1. The van der Waals surface area contributed by atoms with Crippen LogP contribution in [0.4, 0.5) is 8.78 Å². The summed E-state index contributed by atoms with van der Waals surface area (Å²) < 4.78 is 28.4. The van der Waals surface area contributed by atoms with Gasteiger partial charge in [-0.1, -0.05) is 12.2 Å². The second-order valence-corrected chi connectivity index (χ2v) is 5.09. The third-order valence-corrected chi connectivity index (χ3v) is 3.57. The molecule has 2 rings (SSSR count). The Balaban J connectivity index is 2.85. The first-order valence-corrected chi connectivity index (χ1v) is 6.33. The molecule has 2 aromatic rings. The molecule has 2 nitrogen and oxygen atoms in total. The fourth-order valence-electron chi connectivity index (χ4n) is 1.65. The van der Waals surface area contributed by atoms with Gasteiger partial charge in [-0.15, -0.1) is 0 Å².